The van der Waals surface area contributed by atoms with Gasteiger partial charge in [-0.1, -0.05) is 62.6 Å². The van der Waals surface area contributed by atoms with Gasteiger partial charge in [0.2, 0.25) is 0 Å². The van der Waals surface area contributed by atoms with E-state index in [2.05, 4.69) is 13.8 Å². The van der Waals surface area contributed by atoms with Crippen molar-refractivity contribution in [3.05, 3.63) is 69.8 Å². The van der Waals surface area contributed by atoms with Crippen molar-refractivity contribution in [3.63, 3.8) is 0 Å². The molecule has 1 unspecified atom stereocenters. The van der Waals surface area contributed by atoms with Gasteiger partial charge in [-0.05, 0) is 42.2 Å². The Balaban J connectivity index is 2.17. The van der Waals surface area contributed by atoms with E-state index in [9.17, 15) is 14.7 Å². The molecule has 2 aromatic carbocycles. The number of methoxy groups -OCH3 is 1. The molecular formula is C25H28ClNO4. The summed E-state index contributed by atoms with van der Waals surface area (Å²) in [7, 11) is 1.48. The van der Waals surface area contributed by atoms with Crippen molar-refractivity contribution >= 4 is 29.1 Å². The van der Waals surface area contributed by atoms with Gasteiger partial charge in [0.05, 0.1) is 24.3 Å². The molecular weight excluding hydrogens is 414 g/mol. The number of amides is 1. The van der Waals surface area contributed by atoms with Crippen LogP contribution >= 0.6 is 11.6 Å². The number of carbonyl (C=O) groups is 2. The summed E-state index contributed by atoms with van der Waals surface area (Å²) in [5.74, 6) is -1.19. The first kappa shape index (κ1) is 22.9. The van der Waals surface area contributed by atoms with Gasteiger partial charge in [-0.15, -0.1) is 0 Å². The topological polar surface area (TPSA) is 66.8 Å². The van der Waals surface area contributed by atoms with E-state index >= 15 is 0 Å². The van der Waals surface area contributed by atoms with E-state index in [4.69, 9.17) is 16.3 Å². The van der Waals surface area contributed by atoms with Crippen molar-refractivity contribution in [1.82, 2.24) is 4.90 Å². The second-order valence-electron chi connectivity index (χ2n) is 7.64. The lowest BCUT2D eigenvalue weighted by atomic mass is 9.94. The quantitative estimate of drug-likeness (QED) is 0.253. The number of carbonyl (C=O) groups excluding carboxylic acids is 2. The van der Waals surface area contributed by atoms with Crippen LogP contribution in [-0.2, 0) is 16.0 Å². The Morgan fingerprint density at radius 1 is 1.10 bits per heavy atom. The fourth-order valence-corrected chi connectivity index (χ4v) is 4.11. The number of hydrogen-bond acceptors (Lipinski definition) is 4. The highest BCUT2D eigenvalue weighted by atomic mass is 35.5. The van der Waals surface area contributed by atoms with Crippen LogP contribution in [0.25, 0.3) is 5.76 Å². The number of aliphatic hydroxyl groups excluding tert-OH is 1. The van der Waals surface area contributed by atoms with E-state index in [1.165, 1.54) is 13.2 Å². The largest absolute Gasteiger partial charge is 0.507 e. The lowest BCUT2D eigenvalue weighted by Gasteiger charge is -2.25. The summed E-state index contributed by atoms with van der Waals surface area (Å²) in [4.78, 5) is 27.6. The van der Waals surface area contributed by atoms with Crippen LogP contribution in [0.2, 0.25) is 5.02 Å². The average Bonchev–Trinajstić information content (AvgIpc) is 3.03. The van der Waals surface area contributed by atoms with Gasteiger partial charge in [0.25, 0.3) is 11.7 Å². The summed E-state index contributed by atoms with van der Waals surface area (Å²) in [6.07, 6.45) is 3.62. The highest BCUT2D eigenvalue weighted by molar-refractivity contribution is 6.46. The zero-order valence-corrected chi connectivity index (χ0v) is 18.9. The summed E-state index contributed by atoms with van der Waals surface area (Å²) in [6.45, 7) is 4.60. The number of nitrogens with zero attached hydrogens (tertiary/aromatic N) is 1. The zero-order valence-electron chi connectivity index (χ0n) is 18.2. The van der Waals surface area contributed by atoms with Crippen LogP contribution in [0.4, 0.5) is 0 Å². The monoisotopic (exact) mass is 441 g/mol. The highest BCUT2D eigenvalue weighted by Gasteiger charge is 2.46. The Hall–Kier alpha value is -2.79. The molecule has 3 rings (SSSR count). The molecule has 164 valence electrons. The third-order valence-electron chi connectivity index (χ3n) is 5.66. The summed E-state index contributed by atoms with van der Waals surface area (Å²) in [5.41, 5.74) is 2.29. The van der Waals surface area contributed by atoms with Crippen molar-refractivity contribution in [2.24, 2.45) is 0 Å². The molecule has 1 aliphatic heterocycles. The SMILES string of the molecule is CCCCCN1C(=O)C(=O)/C(=C(/O)c2cc(Cl)ccc2OC)C1c1ccc(CC)cc1. The Bertz CT molecular complexity index is 997. The number of benzene rings is 2. The van der Waals surface area contributed by atoms with Crippen LogP contribution in [-0.4, -0.2) is 35.4 Å². The molecule has 1 atom stereocenters. The molecule has 1 fully saturated rings. The summed E-state index contributed by atoms with van der Waals surface area (Å²) in [6, 6.07) is 12.0. The molecule has 0 bridgehead atoms. The number of Topliss-reactive ketones (excluding diaryl/α,β-unsaturated/α-hetero) is 1. The van der Waals surface area contributed by atoms with E-state index in [1.807, 2.05) is 24.3 Å². The number of ether oxygens (including phenoxy) is 1. The number of aryl methyl sites for hydroxylation is 1. The van der Waals surface area contributed by atoms with Gasteiger partial charge in [0.1, 0.15) is 11.5 Å². The molecule has 0 aromatic heterocycles. The van der Waals surface area contributed by atoms with Crippen LogP contribution in [0.1, 0.15) is 55.8 Å². The summed E-state index contributed by atoms with van der Waals surface area (Å²) in [5, 5.41) is 11.6. The molecule has 1 saturated heterocycles. The minimum Gasteiger partial charge on any atom is -0.507 e. The van der Waals surface area contributed by atoms with Crippen LogP contribution in [0.5, 0.6) is 5.75 Å². The smallest absolute Gasteiger partial charge is 0.295 e. The van der Waals surface area contributed by atoms with Gasteiger partial charge in [0.15, 0.2) is 0 Å². The molecule has 0 aliphatic carbocycles. The molecule has 1 heterocycles. The fourth-order valence-electron chi connectivity index (χ4n) is 3.94. The average molecular weight is 442 g/mol. The van der Waals surface area contributed by atoms with Gasteiger partial charge < -0.3 is 14.7 Å². The van der Waals surface area contributed by atoms with Crippen LogP contribution < -0.4 is 4.74 Å². The number of rotatable bonds is 8. The number of halogens is 1. The number of unbranched alkanes of at least 4 members (excludes halogenated alkanes) is 2. The number of hydrogen-bond donors (Lipinski definition) is 1. The maximum Gasteiger partial charge on any atom is 0.295 e. The lowest BCUT2D eigenvalue weighted by Crippen LogP contribution is -2.30. The molecule has 6 heteroatoms. The summed E-state index contributed by atoms with van der Waals surface area (Å²) >= 11 is 6.14. The predicted octanol–water partition coefficient (Wildman–Crippen LogP) is 5.52. The normalized spacial score (nSPS) is 17.9. The summed E-state index contributed by atoms with van der Waals surface area (Å²) < 4.78 is 5.36. The number of ketones is 1. The van der Waals surface area contributed by atoms with Crippen molar-refractivity contribution < 1.29 is 19.4 Å². The molecule has 0 saturated carbocycles. The third-order valence-corrected chi connectivity index (χ3v) is 5.90. The second-order valence-corrected chi connectivity index (χ2v) is 8.08. The number of likely N-dealkylation sites (tertiary alicyclic amines) is 1. The van der Waals surface area contributed by atoms with Crippen molar-refractivity contribution in [3.8, 4) is 5.75 Å². The molecule has 2 aromatic rings. The van der Waals surface area contributed by atoms with Crippen LogP contribution in [0.3, 0.4) is 0 Å². The Labute approximate surface area is 188 Å². The van der Waals surface area contributed by atoms with E-state index in [-0.39, 0.29) is 16.9 Å². The molecule has 1 N–H and O–H groups in total. The van der Waals surface area contributed by atoms with E-state index in [0.717, 1.165) is 36.8 Å². The minimum atomic E-state index is -0.694. The fraction of sp³-hybridized carbons (Fsp3) is 0.360. The van der Waals surface area contributed by atoms with Gasteiger partial charge in [-0.25, -0.2) is 0 Å². The standard InChI is InChI=1S/C25H28ClNO4/c1-4-6-7-14-27-22(17-10-8-16(5-2)9-11-17)21(24(29)25(27)30)23(28)19-15-18(26)12-13-20(19)31-3/h8-13,15,22,28H,4-7,14H2,1-3H3/b23-21+. The van der Waals surface area contributed by atoms with Crippen LogP contribution in [0, 0.1) is 0 Å². The molecule has 31 heavy (non-hydrogen) atoms. The van der Waals surface area contributed by atoms with Crippen molar-refractivity contribution in [2.45, 2.75) is 45.6 Å². The van der Waals surface area contributed by atoms with Gasteiger partial charge in [0, 0.05) is 11.6 Å². The lowest BCUT2D eigenvalue weighted by molar-refractivity contribution is -0.139. The maximum absolute atomic E-state index is 13.1. The molecule has 0 radical (unpaired) electrons. The molecule has 1 aliphatic rings. The minimum absolute atomic E-state index is 0.0614. The Kier molecular flexibility index (Phi) is 7.39. The Morgan fingerprint density at radius 2 is 1.81 bits per heavy atom. The second kappa shape index (κ2) is 10.0. The van der Waals surface area contributed by atoms with Gasteiger partial charge >= 0.3 is 0 Å². The highest BCUT2D eigenvalue weighted by Crippen LogP contribution is 2.41. The first-order chi connectivity index (χ1) is 14.9. The third kappa shape index (κ3) is 4.62. The van der Waals surface area contributed by atoms with Gasteiger partial charge in [-0.2, -0.15) is 0 Å². The van der Waals surface area contributed by atoms with E-state index in [0.29, 0.717) is 17.3 Å². The van der Waals surface area contributed by atoms with Crippen molar-refractivity contribution in [2.75, 3.05) is 13.7 Å². The molecule has 1 amide bonds. The predicted molar refractivity (Wildman–Crippen MR) is 122 cm³/mol. The van der Waals surface area contributed by atoms with E-state index in [1.54, 1.807) is 17.0 Å². The maximum atomic E-state index is 13.1. The molecule has 5 nitrogen and oxygen atoms in total. The van der Waals surface area contributed by atoms with E-state index < -0.39 is 17.7 Å². The zero-order chi connectivity index (χ0) is 22.5. The van der Waals surface area contributed by atoms with Crippen molar-refractivity contribution in [1.29, 1.82) is 0 Å². The van der Waals surface area contributed by atoms with Crippen LogP contribution in [0.15, 0.2) is 48.0 Å². The molecule has 0 spiro atoms. The number of aliphatic hydroxyl groups is 1. The first-order valence-corrected chi connectivity index (χ1v) is 11.0. The first-order valence-electron chi connectivity index (χ1n) is 10.6. The van der Waals surface area contributed by atoms with Gasteiger partial charge in [-0.3, -0.25) is 9.59 Å². The Morgan fingerprint density at radius 3 is 2.42 bits per heavy atom.